The molecule has 0 aliphatic heterocycles. The summed E-state index contributed by atoms with van der Waals surface area (Å²) in [5.74, 6) is -0.0375. The molecule has 0 aliphatic rings. The Hall–Kier alpha value is -1.51. The number of aryl methyl sites for hydroxylation is 1. The van der Waals surface area contributed by atoms with E-state index in [0.29, 0.717) is 6.42 Å². The lowest BCUT2D eigenvalue weighted by Crippen LogP contribution is -2.26. The van der Waals surface area contributed by atoms with Gasteiger partial charge in [-0.1, -0.05) is 12.1 Å². The number of aliphatic carboxylic acids is 1. The van der Waals surface area contributed by atoms with E-state index in [9.17, 15) is 4.79 Å². The van der Waals surface area contributed by atoms with E-state index in [0.717, 1.165) is 16.9 Å². The Morgan fingerprint density at radius 2 is 2.06 bits per heavy atom. The van der Waals surface area contributed by atoms with Crippen molar-refractivity contribution < 1.29 is 14.6 Å². The van der Waals surface area contributed by atoms with Gasteiger partial charge in [0.2, 0.25) is 0 Å². The van der Waals surface area contributed by atoms with Crippen molar-refractivity contribution in [3.8, 4) is 5.75 Å². The second-order valence-electron chi connectivity index (χ2n) is 4.68. The average molecular weight is 222 g/mol. The van der Waals surface area contributed by atoms with Crippen LogP contribution in [-0.4, -0.2) is 18.2 Å². The second-order valence-corrected chi connectivity index (χ2v) is 4.68. The smallest absolute Gasteiger partial charge is 0.309 e. The fourth-order valence-electron chi connectivity index (χ4n) is 1.55. The van der Waals surface area contributed by atoms with Gasteiger partial charge in [0.05, 0.1) is 12.5 Å². The predicted molar refractivity (Wildman–Crippen MR) is 62.9 cm³/mol. The molecule has 0 saturated carbocycles. The molecule has 0 atom stereocenters. The van der Waals surface area contributed by atoms with Gasteiger partial charge in [0, 0.05) is 0 Å². The maximum atomic E-state index is 11.1. The number of hydrogen-bond acceptors (Lipinski definition) is 2. The van der Waals surface area contributed by atoms with Crippen molar-refractivity contribution in [1.29, 1.82) is 0 Å². The first kappa shape index (κ1) is 12.6. The first-order chi connectivity index (χ1) is 7.36. The molecule has 1 aromatic carbocycles. The molecule has 0 bridgehead atoms. The summed E-state index contributed by atoms with van der Waals surface area (Å²) in [5, 5.41) is 9.08. The molecule has 3 nitrogen and oxygen atoms in total. The molecule has 0 unspecified atom stereocenters. The Balaban J connectivity index is 3.01. The monoisotopic (exact) mass is 222 g/mol. The normalized spacial score (nSPS) is 11.2. The van der Waals surface area contributed by atoms with Crippen molar-refractivity contribution in [2.75, 3.05) is 7.11 Å². The molecule has 16 heavy (non-hydrogen) atoms. The number of hydrogen-bond donors (Lipinski definition) is 1. The number of rotatable bonds is 4. The molecule has 1 aromatic rings. The summed E-state index contributed by atoms with van der Waals surface area (Å²) in [7, 11) is 1.60. The lowest BCUT2D eigenvalue weighted by Gasteiger charge is -2.20. The van der Waals surface area contributed by atoms with Crippen LogP contribution >= 0.6 is 0 Å². The molecular weight excluding hydrogens is 204 g/mol. The number of carboxylic acids is 1. The Labute approximate surface area is 96.1 Å². The van der Waals surface area contributed by atoms with Crippen LogP contribution in [-0.2, 0) is 11.2 Å². The molecule has 0 fully saturated rings. The Kier molecular flexibility index (Phi) is 3.58. The molecule has 0 heterocycles. The van der Waals surface area contributed by atoms with E-state index in [2.05, 4.69) is 0 Å². The summed E-state index contributed by atoms with van der Waals surface area (Å²) in [6, 6.07) is 5.82. The minimum atomic E-state index is -0.796. The average Bonchev–Trinajstić information content (AvgIpc) is 2.20. The fourth-order valence-corrected chi connectivity index (χ4v) is 1.55. The van der Waals surface area contributed by atoms with Crippen LogP contribution in [0, 0.1) is 12.3 Å². The molecule has 88 valence electrons. The van der Waals surface area contributed by atoms with Gasteiger partial charge >= 0.3 is 5.97 Å². The zero-order valence-corrected chi connectivity index (χ0v) is 10.2. The van der Waals surface area contributed by atoms with Crippen LogP contribution in [0.4, 0.5) is 0 Å². The van der Waals surface area contributed by atoms with E-state index in [1.54, 1.807) is 21.0 Å². The van der Waals surface area contributed by atoms with Crippen LogP contribution in [0.3, 0.4) is 0 Å². The van der Waals surface area contributed by atoms with Gasteiger partial charge in [0.25, 0.3) is 0 Å². The summed E-state index contributed by atoms with van der Waals surface area (Å²) in [5.41, 5.74) is 1.26. The lowest BCUT2D eigenvalue weighted by molar-refractivity contribution is -0.146. The molecule has 0 spiro atoms. The number of carboxylic acid groups (broad SMARTS) is 1. The van der Waals surface area contributed by atoms with Gasteiger partial charge in [0.1, 0.15) is 5.75 Å². The van der Waals surface area contributed by atoms with Gasteiger partial charge in [-0.25, -0.2) is 0 Å². The summed E-state index contributed by atoms with van der Waals surface area (Å²) < 4.78 is 5.26. The maximum absolute atomic E-state index is 11.1. The number of carbonyl (C=O) groups is 1. The van der Waals surface area contributed by atoms with Crippen molar-refractivity contribution in [2.24, 2.45) is 5.41 Å². The molecule has 0 radical (unpaired) electrons. The quantitative estimate of drug-likeness (QED) is 0.851. The van der Waals surface area contributed by atoms with E-state index >= 15 is 0 Å². The van der Waals surface area contributed by atoms with Gasteiger partial charge in [-0.3, -0.25) is 4.79 Å². The third-order valence-electron chi connectivity index (χ3n) is 2.65. The number of ether oxygens (including phenoxy) is 1. The molecule has 3 heteroatoms. The zero-order chi connectivity index (χ0) is 12.3. The highest BCUT2D eigenvalue weighted by atomic mass is 16.5. The van der Waals surface area contributed by atoms with Gasteiger partial charge in [-0.15, -0.1) is 0 Å². The first-order valence-electron chi connectivity index (χ1n) is 5.24. The number of benzene rings is 1. The first-order valence-corrected chi connectivity index (χ1v) is 5.24. The molecular formula is C13H18O3. The molecule has 0 aromatic heterocycles. The minimum Gasteiger partial charge on any atom is -0.496 e. The van der Waals surface area contributed by atoms with Crippen molar-refractivity contribution in [3.63, 3.8) is 0 Å². The van der Waals surface area contributed by atoms with Crippen LogP contribution in [0.2, 0.25) is 0 Å². The molecule has 0 amide bonds. The SMILES string of the molecule is COc1cc(C)ccc1CC(C)(C)C(=O)O. The predicted octanol–water partition coefficient (Wildman–Crippen LogP) is 2.66. The largest absolute Gasteiger partial charge is 0.496 e. The summed E-state index contributed by atoms with van der Waals surface area (Å²) in [6.07, 6.45) is 0.464. The third kappa shape index (κ3) is 2.75. The minimum absolute atomic E-state index is 0.464. The molecule has 1 N–H and O–H groups in total. The summed E-state index contributed by atoms with van der Waals surface area (Å²) in [6.45, 7) is 5.41. The summed E-state index contributed by atoms with van der Waals surface area (Å²) >= 11 is 0. The third-order valence-corrected chi connectivity index (χ3v) is 2.65. The lowest BCUT2D eigenvalue weighted by atomic mass is 9.85. The van der Waals surface area contributed by atoms with Crippen molar-refractivity contribution in [1.82, 2.24) is 0 Å². The van der Waals surface area contributed by atoms with E-state index in [1.165, 1.54) is 0 Å². The van der Waals surface area contributed by atoms with Gasteiger partial charge in [-0.05, 0) is 44.4 Å². The van der Waals surface area contributed by atoms with Crippen molar-refractivity contribution in [2.45, 2.75) is 27.2 Å². The van der Waals surface area contributed by atoms with E-state index in [4.69, 9.17) is 9.84 Å². The van der Waals surface area contributed by atoms with Crippen LogP contribution < -0.4 is 4.74 Å². The van der Waals surface area contributed by atoms with Crippen molar-refractivity contribution >= 4 is 5.97 Å². The van der Waals surface area contributed by atoms with Gasteiger partial charge in [0.15, 0.2) is 0 Å². The Morgan fingerprint density at radius 3 is 2.56 bits per heavy atom. The Bertz CT molecular complexity index is 394. The highest BCUT2D eigenvalue weighted by Crippen LogP contribution is 2.28. The van der Waals surface area contributed by atoms with E-state index in [1.807, 2.05) is 25.1 Å². The highest BCUT2D eigenvalue weighted by Gasteiger charge is 2.28. The fraction of sp³-hybridized carbons (Fsp3) is 0.462. The molecule has 0 saturated heterocycles. The number of methoxy groups -OCH3 is 1. The zero-order valence-electron chi connectivity index (χ0n) is 10.2. The van der Waals surface area contributed by atoms with Gasteiger partial charge in [-0.2, -0.15) is 0 Å². The molecule has 1 rings (SSSR count). The van der Waals surface area contributed by atoms with Crippen LogP contribution in [0.5, 0.6) is 5.75 Å². The highest BCUT2D eigenvalue weighted by molar-refractivity contribution is 5.74. The van der Waals surface area contributed by atoms with Gasteiger partial charge < -0.3 is 9.84 Å². The Morgan fingerprint density at radius 1 is 1.44 bits per heavy atom. The van der Waals surface area contributed by atoms with Crippen LogP contribution in [0.15, 0.2) is 18.2 Å². The van der Waals surface area contributed by atoms with Crippen molar-refractivity contribution in [3.05, 3.63) is 29.3 Å². The topological polar surface area (TPSA) is 46.5 Å². The summed E-state index contributed by atoms with van der Waals surface area (Å²) in [4.78, 5) is 11.1. The van der Waals surface area contributed by atoms with E-state index < -0.39 is 11.4 Å². The maximum Gasteiger partial charge on any atom is 0.309 e. The van der Waals surface area contributed by atoms with Crippen LogP contribution in [0.1, 0.15) is 25.0 Å². The van der Waals surface area contributed by atoms with Crippen LogP contribution in [0.25, 0.3) is 0 Å². The van der Waals surface area contributed by atoms with E-state index in [-0.39, 0.29) is 0 Å². The standard InChI is InChI=1S/C13H18O3/c1-9-5-6-10(11(7-9)16-4)8-13(2,3)12(14)15/h5-7H,8H2,1-4H3,(H,14,15). The second kappa shape index (κ2) is 4.56. The molecule has 0 aliphatic carbocycles.